The van der Waals surface area contributed by atoms with Crippen LogP contribution in [-0.2, 0) is 14.4 Å². The first-order valence-electron chi connectivity index (χ1n) is 20.9. The molecule has 5 heteroatoms. The van der Waals surface area contributed by atoms with E-state index >= 15 is 0 Å². The van der Waals surface area contributed by atoms with Crippen LogP contribution in [-0.4, -0.2) is 33.7 Å². The van der Waals surface area contributed by atoms with E-state index in [0.717, 1.165) is 73.6 Å². The van der Waals surface area contributed by atoms with Gasteiger partial charge >= 0.3 is 0 Å². The Morgan fingerprint density at radius 2 is 1.24 bits per heavy atom. The van der Waals surface area contributed by atoms with Crippen LogP contribution in [0.5, 0.6) is 5.75 Å². The molecule has 2 N–H and O–H groups in total. The maximum atomic E-state index is 11.3. The second-order valence-electron chi connectivity index (χ2n) is 17.8. The van der Waals surface area contributed by atoms with Crippen molar-refractivity contribution >= 4 is 17.3 Å². The first-order valence-corrected chi connectivity index (χ1v) is 20.9. The number of carbonyl (C=O) groups excluding carboxylic acids is 3. The van der Waals surface area contributed by atoms with Crippen LogP contribution < -0.4 is 0 Å². The van der Waals surface area contributed by atoms with E-state index < -0.39 is 0 Å². The molecule has 1 aromatic carbocycles. The maximum Gasteiger partial charge on any atom is 0.158 e. The predicted octanol–water partition coefficient (Wildman–Crippen LogP) is 12.8. The van der Waals surface area contributed by atoms with Gasteiger partial charge in [0.15, 0.2) is 5.78 Å². The third kappa shape index (κ3) is 18.0. The molecule has 5 rings (SSSR count). The van der Waals surface area contributed by atoms with E-state index in [1.807, 2.05) is 66.7 Å². The van der Waals surface area contributed by atoms with Crippen molar-refractivity contribution in [3.8, 4) is 5.75 Å². The number of rotatable bonds is 5. The third-order valence-electron chi connectivity index (χ3n) is 12.2. The summed E-state index contributed by atoms with van der Waals surface area (Å²) in [4.78, 5) is 33.8. The van der Waals surface area contributed by atoms with Crippen molar-refractivity contribution in [1.29, 1.82) is 0 Å². The molecule has 0 aliphatic heterocycles. The Hall–Kier alpha value is -3.31. The number of allylic oxidation sites excluding steroid dienone is 6. The van der Waals surface area contributed by atoms with Gasteiger partial charge in [-0.1, -0.05) is 102 Å². The number of ketones is 3. The molecule has 0 radical (unpaired) electrons. The highest BCUT2D eigenvalue weighted by Crippen LogP contribution is 2.32. The van der Waals surface area contributed by atoms with Crippen molar-refractivity contribution in [3.63, 3.8) is 0 Å². The third-order valence-corrected chi connectivity index (χ3v) is 12.2. The van der Waals surface area contributed by atoms with Crippen molar-refractivity contribution in [2.75, 3.05) is 0 Å². The van der Waals surface area contributed by atoms with E-state index in [4.69, 9.17) is 0 Å². The van der Waals surface area contributed by atoms with Gasteiger partial charge in [0.1, 0.15) is 17.3 Å². The molecular weight excluding hydrogens is 681 g/mol. The van der Waals surface area contributed by atoms with Crippen LogP contribution >= 0.6 is 0 Å². The van der Waals surface area contributed by atoms with Gasteiger partial charge in [0.2, 0.25) is 0 Å². The molecule has 1 aromatic rings. The number of aromatic hydroxyl groups is 1. The minimum Gasteiger partial charge on any atom is -0.508 e. The Morgan fingerprint density at radius 3 is 1.67 bits per heavy atom. The molecule has 4 aliphatic rings. The molecule has 7 unspecified atom stereocenters. The van der Waals surface area contributed by atoms with Gasteiger partial charge in [0.25, 0.3) is 0 Å². The van der Waals surface area contributed by atoms with E-state index in [0.29, 0.717) is 71.1 Å². The van der Waals surface area contributed by atoms with Crippen LogP contribution in [0.2, 0.25) is 0 Å². The lowest BCUT2D eigenvalue weighted by Crippen LogP contribution is -2.25. The summed E-state index contributed by atoms with van der Waals surface area (Å²) in [6, 6.07) is 5.84. The molecule has 0 bridgehead atoms. The van der Waals surface area contributed by atoms with Crippen LogP contribution in [0, 0.1) is 48.3 Å². The molecule has 4 aliphatic carbocycles. The topological polar surface area (TPSA) is 91.7 Å². The molecule has 0 saturated heterocycles. The molecule has 0 spiro atoms. The molecule has 5 nitrogen and oxygen atoms in total. The molecule has 0 heterocycles. The number of aliphatic hydroxyl groups is 1. The lowest BCUT2D eigenvalue weighted by Gasteiger charge is -2.27. The quantitative estimate of drug-likeness (QED) is 0.292. The fourth-order valence-corrected chi connectivity index (χ4v) is 7.01. The lowest BCUT2D eigenvalue weighted by atomic mass is 9.77. The Bertz CT molecular complexity index is 1520. The fraction of sp³-hybridized carbons (Fsp3) is 0.620. The minimum atomic E-state index is -0.231. The summed E-state index contributed by atoms with van der Waals surface area (Å²) in [5.41, 5.74) is 7.65. The average Bonchev–Trinajstić information content (AvgIpc) is 3.11. The molecule has 7 atom stereocenters. The number of benzene rings is 1. The first kappa shape index (κ1) is 49.7. The molecule has 0 aromatic heterocycles. The number of phenols is 1. The number of Topliss-reactive ketones (excluding diaryl/α,β-unsaturated/α-hetero) is 3. The number of hydrogen-bond donors (Lipinski definition) is 2. The van der Waals surface area contributed by atoms with Crippen LogP contribution in [0.4, 0.5) is 0 Å². The van der Waals surface area contributed by atoms with Crippen molar-refractivity contribution in [2.45, 2.75) is 159 Å². The monoisotopic (exact) mass is 759 g/mol. The number of hydrogen-bond acceptors (Lipinski definition) is 5. The number of phenolic OH excluding ortho intramolecular Hbond substituents is 1. The van der Waals surface area contributed by atoms with Gasteiger partial charge in [-0.25, -0.2) is 0 Å². The molecule has 308 valence electrons. The zero-order valence-corrected chi connectivity index (χ0v) is 36.9. The smallest absolute Gasteiger partial charge is 0.158 e. The number of aliphatic hydroxyl groups excluding tert-OH is 1. The summed E-state index contributed by atoms with van der Waals surface area (Å²) in [6.07, 6.45) is 13.6. The van der Waals surface area contributed by atoms with Crippen molar-refractivity contribution in [3.05, 3.63) is 89.1 Å². The van der Waals surface area contributed by atoms with Gasteiger partial charge < -0.3 is 10.2 Å². The summed E-state index contributed by atoms with van der Waals surface area (Å²) in [6.45, 7) is 36.2. The highest BCUT2D eigenvalue weighted by Gasteiger charge is 2.27. The number of aryl methyl sites for hydroxylation is 1. The van der Waals surface area contributed by atoms with E-state index in [1.165, 1.54) is 23.1 Å². The average molecular weight is 759 g/mol. The summed E-state index contributed by atoms with van der Waals surface area (Å²) in [5, 5.41) is 18.8. The summed E-state index contributed by atoms with van der Waals surface area (Å²) in [7, 11) is 0. The van der Waals surface area contributed by atoms with Gasteiger partial charge in [0.05, 0.1) is 6.10 Å². The molecular formula is C50H78O5. The van der Waals surface area contributed by atoms with Gasteiger partial charge in [-0.05, 0) is 150 Å². The van der Waals surface area contributed by atoms with Crippen LogP contribution in [0.1, 0.15) is 157 Å². The molecule has 0 amide bonds. The van der Waals surface area contributed by atoms with Gasteiger partial charge in [-0.15, -0.1) is 0 Å². The van der Waals surface area contributed by atoms with E-state index in [1.54, 1.807) is 0 Å². The first-order chi connectivity index (χ1) is 25.5. The van der Waals surface area contributed by atoms with Crippen molar-refractivity contribution in [1.82, 2.24) is 0 Å². The molecule has 2 saturated carbocycles. The highest BCUT2D eigenvalue weighted by atomic mass is 16.3. The predicted molar refractivity (Wildman–Crippen MR) is 233 cm³/mol. The summed E-state index contributed by atoms with van der Waals surface area (Å²) < 4.78 is 0. The Balaban J connectivity index is 0.000000344. The number of carbonyl (C=O) groups is 3. The Labute approximate surface area is 336 Å². The summed E-state index contributed by atoms with van der Waals surface area (Å²) in [5.74, 6) is 5.42. The Morgan fingerprint density at radius 1 is 0.709 bits per heavy atom. The Kier molecular flexibility index (Phi) is 22.0. The van der Waals surface area contributed by atoms with Gasteiger partial charge in [0, 0.05) is 31.1 Å². The highest BCUT2D eigenvalue weighted by molar-refractivity contribution is 5.95. The largest absolute Gasteiger partial charge is 0.508 e. The van der Waals surface area contributed by atoms with E-state index in [2.05, 4.69) is 66.5 Å². The van der Waals surface area contributed by atoms with Crippen molar-refractivity contribution < 1.29 is 24.6 Å². The molecule has 55 heavy (non-hydrogen) atoms. The second kappa shape index (κ2) is 24.4. The van der Waals surface area contributed by atoms with Gasteiger partial charge in [-0.3, -0.25) is 14.4 Å². The zero-order valence-electron chi connectivity index (χ0n) is 36.9. The second-order valence-corrected chi connectivity index (χ2v) is 17.8. The molecule has 2 fully saturated rings. The normalized spacial score (nSPS) is 26.3. The van der Waals surface area contributed by atoms with E-state index in [-0.39, 0.29) is 11.9 Å². The minimum absolute atomic E-state index is 0.231. The maximum absolute atomic E-state index is 11.3. The van der Waals surface area contributed by atoms with Crippen LogP contribution in [0.15, 0.2) is 78.0 Å². The SMILES string of the molecule is C=C(C)C1CC=C(C)C(=O)C1.C=C(C)C1CC=C(C)C(O)C1.C=C(C)C1CCC(C)C(=O)C1.CC1CCC(C(C)C)CC1=O.Cc1ccc(C(C)C)cc1O. The van der Waals surface area contributed by atoms with Gasteiger partial charge in [-0.2, -0.15) is 0 Å². The zero-order chi connectivity index (χ0) is 42.2. The summed E-state index contributed by atoms with van der Waals surface area (Å²) >= 11 is 0. The fourth-order valence-electron chi connectivity index (χ4n) is 7.01. The lowest BCUT2D eigenvalue weighted by molar-refractivity contribution is -0.126. The van der Waals surface area contributed by atoms with Crippen molar-refractivity contribution in [2.24, 2.45) is 41.4 Å². The van der Waals surface area contributed by atoms with Crippen LogP contribution in [0.25, 0.3) is 0 Å². The standard InChI is InChI=1S/C10H18O.2C10H16O.2C10H14O/c5*1-7(2)9-5-4-8(3)10(11)6-9/h7-9H,4-6H2,1-3H3;8-9H,1,4-6H2,2-3H3;4,9-11H,1,5-6H2,2-3H3;4-7,11H,1-3H3;4,9H,1,5-6H2,2-3H3. The van der Waals surface area contributed by atoms with E-state index in [9.17, 15) is 24.6 Å². The van der Waals surface area contributed by atoms with Crippen LogP contribution in [0.3, 0.4) is 0 Å².